The molecule has 0 radical (unpaired) electrons. The van der Waals surface area contributed by atoms with Crippen LogP contribution in [0.4, 0.5) is 0 Å². The number of carbonyl (C=O) groups is 1. The van der Waals surface area contributed by atoms with E-state index in [9.17, 15) is 9.59 Å². The van der Waals surface area contributed by atoms with Gasteiger partial charge in [0.25, 0.3) is 5.56 Å². The Morgan fingerprint density at radius 1 is 1.56 bits per heavy atom. The normalized spacial score (nSPS) is 14.2. The van der Waals surface area contributed by atoms with Crippen LogP contribution in [0.5, 0.6) is 0 Å². The maximum Gasteiger partial charge on any atom is 0.309 e. The Morgan fingerprint density at radius 3 is 2.81 bits per heavy atom. The van der Waals surface area contributed by atoms with E-state index < -0.39 is 0 Å². The lowest BCUT2D eigenvalue weighted by Crippen LogP contribution is -2.22. The highest BCUT2D eigenvalue weighted by molar-refractivity contribution is 7.99. The van der Waals surface area contributed by atoms with Crippen molar-refractivity contribution in [3.05, 3.63) is 22.6 Å². The van der Waals surface area contributed by atoms with E-state index in [0.29, 0.717) is 5.16 Å². The van der Waals surface area contributed by atoms with Crippen LogP contribution in [0.2, 0.25) is 0 Å². The second kappa shape index (κ2) is 5.69. The predicted octanol–water partition coefficient (Wildman–Crippen LogP) is 1.06. The van der Waals surface area contributed by atoms with Crippen LogP contribution in [-0.2, 0) is 9.53 Å². The molecule has 0 aliphatic carbocycles. The van der Waals surface area contributed by atoms with Crippen molar-refractivity contribution in [3.8, 4) is 0 Å². The fourth-order valence-corrected chi connectivity index (χ4v) is 2.02. The van der Waals surface area contributed by atoms with Crippen molar-refractivity contribution in [3.63, 3.8) is 0 Å². The number of nitrogens with one attached hydrogen (secondary N) is 1. The van der Waals surface area contributed by atoms with Crippen molar-refractivity contribution in [2.75, 3.05) is 7.11 Å². The SMILES string of the molecule is COC(=O)C(C)C(C)Sc1nccc(=O)[nH]1. The monoisotopic (exact) mass is 242 g/mol. The van der Waals surface area contributed by atoms with Gasteiger partial charge in [-0.3, -0.25) is 9.59 Å². The molecule has 0 amide bonds. The summed E-state index contributed by atoms with van der Waals surface area (Å²) in [5.41, 5.74) is -0.199. The molecule has 16 heavy (non-hydrogen) atoms. The highest BCUT2D eigenvalue weighted by Crippen LogP contribution is 2.24. The first-order valence-corrected chi connectivity index (χ1v) is 5.72. The summed E-state index contributed by atoms with van der Waals surface area (Å²) in [4.78, 5) is 28.9. The number of aromatic amines is 1. The summed E-state index contributed by atoms with van der Waals surface area (Å²) in [6.45, 7) is 3.67. The number of esters is 1. The van der Waals surface area contributed by atoms with Crippen molar-refractivity contribution < 1.29 is 9.53 Å². The molecule has 2 atom stereocenters. The van der Waals surface area contributed by atoms with E-state index in [4.69, 9.17) is 0 Å². The van der Waals surface area contributed by atoms with Gasteiger partial charge in [-0.25, -0.2) is 4.98 Å². The molecule has 5 nitrogen and oxygen atoms in total. The first-order valence-electron chi connectivity index (χ1n) is 4.84. The number of aromatic nitrogens is 2. The summed E-state index contributed by atoms with van der Waals surface area (Å²) in [5, 5.41) is 0.494. The quantitative estimate of drug-likeness (QED) is 0.485. The second-order valence-corrected chi connectivity index (χ2v) is 4.74. The minimum absolute atomic E-state index is 0.0157. The van der Waals surface area contributed by atoms with Crippen LogP contribution in [-0.4, -0.2) is 28.3 Å². The van der Waals surface area contributed by atoms with E-state index in [1.165, 1.54) is 31.1 Å². The van der Waals surface area contributed by atoms with Gasteiger partial charge in [0.2, 0.25) is 0 Å². The molecule has 0 spiro atoms. The maximum atomic E-state index is 11.3. The molecule has 1 aromatic heterocycles. The van der Waals surface area contributed by atoms with Gasteiger partial charge < -0.3 is 9.72 Å². The van der Waals surface area contributed by atoms with Crippen molar-refractivity contribution in [2.45, 2.75) is 24.3 Å². The molecule has 0 bridgehead atoms. The molecular weight excluding hydrogens is 228 g/mol. The highest BCUT2D eigenvalue weighted by atomic mass is 32.2. The molecule has 1 N–H and O–H groups in total. The number of thioether (sulfide) groups is 1. The molecule has 0 aliphatic rings. The zero-order valence-electron chi connectivity index (χ0n) is 9.39. The molecule has 0 aromatic carbocycles. The van der Waals surface area contributed by atoms with Gasteiger partial charge in [0.05, 0.1) is 13.0 Å². The third kappa shape index (κ3) is 3.37. The third-order valence-corrected chi connectivity index (χ3v) is 3.43. The van der Waals surface area contributed by atoms with Gasteiger partial charge in [-0.05, 0) is 0 Å². The van der Waals surface area contributed by atoms with Crippen molar-refractivity contribution >= 4 is 17.7 Å². The van der Waals surface area contributed by atoms with Gasteiger partial charge in [0, 0.05) is 17.5 Å². The van der Waals surface area contributed by atoms with Gasteiger partial charge >= 0.3 is 5.97 Å². The minimum atomic E-state index is -0.265. The lowest BCUT2D eigenvalue weighted by molar-refractivity contribution is -0.144. The summed E-state index contributed by atoms with van der Waals surface area (Å²) >= 11 is 1.34. The van der Waals surface area contributed by atoms with Crippen molar-refractivity contribution in [2.24, 2.45) is 5.92 Å². The molecule has 2 unspecified atom stereocenters. The molecular formula is C10H14N2O3S. The van der Waals surface area contributed by atoms with E-state index in [2.05, 4.69) is 14.7 Å². The van der Waals surface area contributed by atoms with Gasteiger partial charge in [-0.1, -0.05) is 25.6 Å². The fourth-order valence-electron chi connectivity index (χ4n) is 1.07. The van der Waals surface area contributed by atoms with E-state index in [1.807, 2.05) is 6.92 Å². The lowest BCUT2D eigenvalue weighted by Gasteiger charge is -2.15. The van der Waals surface area contributed by atoms with Gasteiger partial charge in [-0.15, -0.1) is 0 Å². The predicted molar refractivity (Wildman–Crippen MR) is 61.4 cm³/mol. The van der Waals surface area contributed by atoms with E-state index in [0.717, 1.165) is 0 Å². The molecule has 88 valence electrons. The average Bonchev–Trinajstić information content (AvgIpc) is 2.27. The molecule has 0 fully saturated rings. The number of methoxy groups -OCH3 is 1. The number of rotatable bonds is 4. The van der Waals surface area contributed by atoms with Crippen molar-refractivity contribution in [1.82, 2.24) is 9.97 Å². The number of hydrogen-bond donors (Lipinski definition) is 1. The summed E-state index contributed by atoms with van der Waals surface area (Å²) in [7, 11) is 1.36. The van der Waals surface area contributed by atoms with Crippen LogP contribution in [0.25, 0.3) is 0 Å². The molecule has 1 rings (SSSR count). The Bertz CT molecular complexity index is 419. The maximum absolute atomic E-state index is 11.3. The largest absolute Gasteiger partial charge is 0.469 e. The smallest absolute Gasteiger partial charge is 0.309 e. The number of ether oxygens (including phenoxy) is 1. The molecule has 0 aliphatic heterocycles. The summed E-state index contributed by atoms with van der Waals surface area (Å²) < 4.78 is 4.65. The zero-order valence-corrected chi connectivity index (χ0v) is 10.2. The minimum Gasteiger partial charge on any atom is -0.469 e. The second-order valence-electron chi connectivity index (χ2n) is 3.37. The highest BCUT2D eigenvalue weighted by Gasteiger charge is 2.22. The Morgan fingerprint density at radius 2 is 2.25 bits per heavy atom. The van der Waals surface area contributed by atoms with Gasteiger partial charge in [-0.2, -0.15) is 0 Å². The molecule has 6 heteroatoms. The van der Waals surface area contributed by atoms with Gasteiger partial charge in [0.1, 0.15) is 0 Å². The Kier molecular flexibility index (Phi) is 4.54. The molecule has 1 heterocycles. The number of carbonyl (C=O) groups excluding carboxylic acids is 1. The van der Waals surface area contributed by atoms with Crippen LogP contribution in [0, 0.1) is 5.92 Å². The topological polar surface area (TPSA) is 72.0 Å². The zero-order chi connectivity index (χ0) is 12.1. The van der Waals surface area contributed by atoms with E-state index in [-0.39, 0.29) is 22.7 Å². The van der Waals surface area contributed by atoms with E-state index >= 15 is 0 Å². The molecule has 0 saturated heterocycles. The lowest BCUT2D eigenvalue weighted by atomic mass is 10.1. The van der Waals surface area contributed by atoms with Crippen LogP contribution in [0.3, 0.4) is 0 Å². The fraction of sp³-hybridized carbons (Fsp3) is 0.500. The first-order chi connectivity index (χ1) is 7.54. The Hall–Kier alpha value is -1.30. The summed E-state index contributed by atoms with van der Waals surface area (Å²) in [6, 6.07) is 1.35. The Balaban J connectivity index is 2.67. The van der Waals surface area contributed by atoms with Crippen LogP contribution >= 0.6 is 11.8 Å². The van der Waals surface area contributed by atoms with Crippen molar-refractivity contribution in [1.29, 1.82) is 0 Å². The summed E-state index contributed by atoms with van der Waals surface area (Å²) in [5.74, 6) is -0.515. The summed E-state index contributed by atoms with van der Waals surface area (Å²) in [6.07, 6.45) is 1.44. The number of nitrogens with zero attached hydrogens (tertiary/aromatic N) is 1. The number of hydrogen-bond acceptors (Lipinski definition) is 5. The van der Waals surface area contributed by atoms with Crippen LogP contribution in [0.15, 0.2) is 22.2 Å². The first kappa shape index (κ1) is 12.8. The van der Waals surface area contributed by atoms with Gasteiger partial charge in [0.15, 0.2) is 5.16 Å². The standard InChI is InChI=1S/C10H14N2O3S/c1-6(9(14)15-3)7(2)16-10-11-5-4-8(13)12-10/h4-7H,1-3H3,(H,11,12,13). The third-order valence-electron chi connectivity index (χ3n) is 2.22. The molecule has 1 aromatic rings. The molecule has 0 saturated carbocycles. The van der Waals surface area contributed by atoms with E-state index in [1.54, 1.807) is 6.92 Å². The average molecular weight is 242 g/mol. The van der Waals surface area contributed by atoms with Crippen LogP contribution in [0.1, 0.15) is 13.8 Å². The number of H-pyrrole nitrogens is 1. The Labute approximate surface area is 97.6 Å². The van der Waals surface area contributed by atoms with Crippen LogP contribution < -0.4 is 5.56 Å².